The molecule has 3 atom stereocenters. The van der Waals surface area contributed by atoms with Gasteiger partial charge in [0.2, 0.25) is 0 Å². The van der Waals surface area contributed by atoms with Crippen LogP contribution in [-0.4, -0.2) is 7.05 Å². The summed E-state index contributed by atoms with van der Waals surface area (Å²) in [4.78, 5) is 0. The van der Waals surface area contributed by atoms with Crippen molar-refractivity contribution in [3.05, 3.63) is 35.2 Å². The van der Waals surface area contributed by atoms with Gasteiger partial charge in [0.1, 0.15) is 0 Å². The third kappa shape index (κ3) is 1.57. The van der Waals surface area contributed by atoms with E-state index in [-0.39, 0.29) is 0 Å². The lowest BCUT2D eigenvalue weighted by atomic mass is 10.0. The fourth-order valence-electron chi connectivity index (χ4n) is 2.65. The summed E-state index contributed by atoms with van der Waals surface area (Å²) in [5.41, 5.74) is 1.50. The lowest BCUT2D eigenvalue weighted by molar-refractivity contribution is 0.508. The van der Waals surface area contributed by atoms with Crippen molar-refractivity contribution in [1.82, 2.24) is 5.32 Å². The number of benzene rings is 1. The van der Waals surface area contributed by atoms with Crippen molar-refractivity contribution in [1.29, 1.82) is 0 Å². The van der Waals surface area contributed by atoms with E-state index < -0.39 is 0 Å². The monoisotopic (exact) mass is 231 g/mol. The smallest absolute Gasteiger partial charge is 0.0363 e. The van der Waals surface area contributed by atoms with Crippen LogP contribution in [0.4, 0.5) is 0 Å². The number of hydrogen-bond donors (Lipinski definition) is 1. The Morgan fingerprint density at radius 3 is 2.81 bits per heavy atom. The highest BCUT2D eigenvalue weighted by Gasteiger charge is 2.40. The lowest BCUT2D eigenvalue weighted by Gasteiger charge is -2.15. The molecular formula is C14H17NS. The summed E-state index contributed by atoms with van der Waals surface area (Å²) < 4.78 is 1.41. The van der Waals surface area contributed by atoms with E-state index in [0.29, 0.717) is 6.04 Å². The highest BCUT2D eigenvalue weighted by molar-refractivity contribution is 7.17. The first-order valence-corrected chi connectivity index (χ1v) is 6.82. The molecule has 84 valence electrons. The summed E-state index contributed by atoms with van der Waals surface area (Å²) in [5.74, 6) is 1.72. The molecule has 1 nitrogen and oxygen atoms in total. The van der Waals surface area contributed by atoms with Gasteiger partial charge in [-0.25, -0.2) is 0 Å². The maximum Gasteiger partial charge on any atom is 0.0363 e. The number of nitrogens with one attached hydrogen (secondary N) is 1. The molecule has 1 aliphatic rings. The molecule has 1 aromatic carbocycles. The number of fused-ring (bicyclic) bond motifs is 1. The molecule has 0 radical (unpaired) electrons. The molecule has 2 aromatic rings. The van der Waals surface area contributed by atoms with Crippen LogP contribution in [0.2, 0.25) is 0 Å². The van der Waals surface area contributed by atoms with Crippen LogP contribution in [0.15, 0.2) is 29.6 Å². The van der Waals surface area contributed by atoms with E-state index in [0.717, 1.165) is 11.8 Å². The zero-order valence-electron chi connectivity index (χ0n) is 9.73. The van der Waals surface area contributed by atoms with Crippen molar-refractivity contribution in [2.45, 2.75) is 19.4 Å². The second-order valence-electron chi connectivity index (χ2n) is 4.83. The van der Waals surface area contributed by atoms with E-state index in [1.165, 1.54) is 22.1 Å². The molecule has 0 saturated heterocycles. The SMILES string of the molecule is CN[C@H](c1csc2ccccc12)[C@@H]1C[C@H]1C. The minimum absolute atomic E-state index is 0.547. The molecule has 0 spiro atoms. The Hall–Kier alpha value is -0.860. The number of rotatable bonds is 3. The zero-order valence-corrected chi connectivity index (χ0v) is 10.6. The fraction of sp³-hybridized carbons (Fsp3) is 0.429. The van der Waals surface area contributed by atoms with Crippen LogP contribution in [0.1, 0.15) is 24.9 Å². The summed E-state index contributed by atoms with van der Waals surface area (Å²) in [6.45, 7) is 2.35. The minimum atomic E-state index is 0.547. The maximum absolute atomic E-state index is 3.50. The third-order valence-corrected chi connectivity index (χ3v) is 4.74. The highest BCUT2D eigenvalue weighted by atomic mass is 32.1. The molecule has 2 heteroatoms. The first kappa shape index (κ1) is 10.3. The topological polar surface area (TPSA) is 12.0 Å². The van der Waals surface area contributed by atoms with Gasteiger partial charge >= 0.3 is 0 Å². The predicted molar refractivity (Wildman–Crippen MR) is 70.9 cm³/mol. The summed E-state index contributed by atoms with van der Waals surface area (Å²) in [7, 11) is 2.09. The molecule has 1 heterocycles. The van der Waals surface area contributed by atoms with Gasteiger partial charge in [0, 0.05) is 10.7 Å². The van der Waals surface area contributed by atoms with Crippen LogP contribution < -0.4 is 5.32 Å². The van der Waals surface area contributed by atoms with E-state index in [9.17, 15) is 0 Å². The molecule has 1 aromatic heterocycles. The number of hydrogen-bond acceptors (Lipinski definition) is 2. The summed E-state index contributed by atoms with van der Waals surface area (Å²) in [5, 5.41) is 7.26. The van der Waals surface area contributed by atoms with Crippen molar-refractivity contribution in [2.75, 3.05) is 7.05 Å². The van der Waals surface area contributed by atoms with Gasteiger partial charge in [0.25, 0.3) is 0 Å². The van der Waals surface area contributed by atoms with Crippen molar-refractivity contribution < 1.29 is 0 Å². The van der Waals surface area contributed by atoms with Crippen LogP contribution >= 0.6 is 11.3 Å². The van der Waals surface area contributed by atoms with E-state index in [4.69, 9.17) is 0 Å². The van der Waals surface area contributed by atoms with Gasteiger partial charge in [-0.3, -0.25) is 0 Å². The van der Waals surface area contributed by atoms with Crippen molar-refractivity contribution in [2.24, 2.45) is 11.8 Å². The molecule has 16 heavy (non-hydrogen) atoms. The Morgan fingerprint density at radius 1 is 1.38 bits per heavy atom. The first-order chi connectivity index (χ1) is 7.81. The van der Waals surface area contributed by atoms with Gasteiger partial charge in [-0.05, 0) is 47.7 Å². The van der Waals surface area contributed by atoms with Crippen LogP contribution in [0, 0.1) is 11.8 Å². The van der Waals surface area contributed by atoms with E-state index in [2.05, 4.69) is 48.9 Å². The molecular weight excluding hydrogens is 214 g/mol. The molecule has 0 unspecified atom stereocenters. The van der Waals surface area contributed by atoms with E-state index in [1.54, 1.807) is 0 Å². The van der Waals surface area contributed by atoms with Crippen LogP contribution in [0.25, 0.3) is 10.1 Å². The Kier molecular flexibility index (Phi) is 2.49. The molecule has 0 bridgehead atoms. The van der Waals surface area contributed by atoms with E-state index in [1.807, 2.05) is 11.3 Å². The third-order valence-electron chi connectivity index (χ3n) is 3.76. The van der Waals surface area contributed by atoms with Crippen LogP contribution in [-0.2, 0) is 0 Å². The van der Waals surface area contributed by atoms with Gasteiger partial charge in [-0.1, -0.05) is 25.1 Å². The molecule has 1 saturated carbocycles. The maximum atomic E-state index is 3.50. The summed E-state index contributed by atoms with van der Waals surface area (Å²) in [6, 6.07) is 9.27. The first-order valence-electron chi connectivity index (χ1n) is 5.94. The van der Waals surface area contributed by atoms with Crippen LogP contribution in [0.5, 0.6) is 0 Å². The average Bonchev–Trinajstić information content (AvgIpc) is 2.88. The standard InChI is InChI=1S/C14H17NS/c1-9-7-11(9)14(15-2)12-8-16-13-6-4-3-5-10(12)13/h3-6,8-9,11,14-15H,7H2,1-2H3/t9-,11-,14+/m1/s1. The summed E-state index contributed by atoms with van der Waals surface area (Å²) >= 11 is 1.86. The lowest BCUT2D eigenvalue weighted by Crippen LogP contribution is -2.18. The molecule has 3 rings (SSSR count). The summed E-state index contributed by atoms with van der Waals surface area (Å²) in [6.07, 6.45) is 1.37. The quantitative estimate of drug-likeness (QED) is 0.847. The van der Waals surface area contributed by atoms with Gasteiger partial charge in [-0.2, -0.15) is 0 Å². The Bertz CT molecular complexity index is 502. The minimum Gasteiger partial charge on any atom is -0.313 e. The molecule has 0 amide bonds. The van der Waals surface area contributed by atoms with Gasteiger partial charge < -0.3 is 5.32 Å². The van der Waals surface area contributed by atoms with Crippen molar-refractivity contribution in [3.8, 4) is 0 Å². The Labute approximate surface area is 100 Å². The Balaban J connectivity index is 2.03. The number of thiophene rings is 1. The van der Waals surface area contributed by atoms with E-state index >= 15 is 0 Å². The van der Waals surface area contributed by atoms with Gasteiger partial charge in [0.15, 0.2) is 0 Å². The van der Waals surface area contributed by atoms with Crippen molar-refractivity contribution in [3.63, 3.8) is 0 Å². The van der Waals surface area contributed by atoms with Gasteiger partial charge in [0.05, 0.1) is 0 Å². The zero-order chi connectivity index (χ0) is 11.1. The normalized spacial score (nSPS) is 25.9. The highest BCUT2D eigenvalue weighted by Crippen LogP contribution is 2.48. The molecule has 1 N–H and O–H groups in total. The second kappa shape index (κ2) is 3.86. The Morgan fingerprint density at radius 2 is 2.12 bits per heavy atom. The molecule has 1 fully saturated rings. The molecule has 1 aliphatic carbocycles. The largest absolute Gasteiger partial charge is 0.313 e. The van der Waals surface area contributed by atoms with Crippen molar-refractivity contribution >= 4 is 21.4 Å². The average molecular weight is 231 g/mol. The fourth-order valence-corrected chi connectivity index (χ4v) is 3.65. The van der Waals surface area contributed by atoms with Crippen LogP contribution in [0.3, 0.4) is 0 Å². The molecule has 0 aliphatic heterocycles. The second-order valence-corrected chi connectivity index (χ2v) is 5.74. The van der Waals surface area contributed by atoms with Gasteiger partial charge in [-0.15, -0.1) is 11.3 Å². The predicted octanol–water partition coefficient (Wildman–Crippen LogP) is 3.82.